The predicted molar refractivity (Wildman–Crippen MR) is 72.7 cm³/mol. The summed E-state index contributed by atoms with van der Waals surface area (Å²) in [6, 6.07) is 0. The van der Waals surface area contributed by atoms with Crippen molar-refractivity contribution in [1.29, 1.82) is 0 Å². The summed E-state index contributed by atoms with van der Waals surface area (Å²) in [5, 5.41) is 1.59. The fourth-order valence-corrected chi connectivity index (χ4v) is 2.36. The highest BCUT2D eigenvalue weighted by molar-refractivity contribution is 5.99. The Morgan fingerprint density at radius 1 is 1.53 bits per heavy atom. The van der Waals surface area contributed by atoms with E-state index in [9.17, 15) is 4.79 Å². The molecule has 0 spiro atoms. The van der Waals surface area contributed by atoms with Gasteiger partial charge in [-0.3, -0.25) is 9.63 Å². The molecule has 2 aliphatic heterocycles. The van der Waals surface area contributed by atoms with Crippen LogP contribution < -0.4 is 0 Å². The van der Waals surface area contributed by atoms with E-state index in [0.717, 1.165) is 12.0 Å². The maximum absolute atomic E-state index is 11.7. The number of allylic oxidation sites excluding steroid dienone is 2. The summed E-state index contributed by atoms with van der Waals surface area (Å²) in [6.45, 7) is 13.9. The van der Waals surface area contributed by atoms with Crippen LogP contribution in [0.15, 0.2) is 47.5 Å². The molecule has 2 rings (SSSR count). The molecule has 19 heavy (non-hydrogen) atoms. The van der Waals surface area contributed by atoms with Gasteiger partial charge in [-0.05, 0) is 26.3 Å². The van der Waals surface area contributed by atoms with Crippen LogP contribution in [-0.2, 0) is 14.4 Å². The number of hydrogen-bond acceptors (Lipinski definition) is 4. The van der Waals surface area contributed by atoms with Crippen molar-refractivity contribution in [2.45, 2.75) is 33.3 Å². The van der Waals surface area contributed by atoms with Gasteiger partial charge in [-0.2, -0.15) is 0 Å². The first-order valence-corrected chi connectivity index (χ1v) is 6.38. The number of hydrogen-bond donors (Lipinski definition) is 0. The summed E-state index contributed by atoms with van der Waals surface area (Å²) < 4.78 is 5.74. The highest BCUT2D eigenvalue weighted by Crippen LogP contribution is 2.40. The van der Waals surface area contributed by atoms with Crippen molar-refractivity contribution in [2.75, 3.05) is 6.61 Å². The fourth-order valence-electron chi connectivity index (χ4n) is 2.36. The summed E-state index contributed by atoms with van der Waals surface area (Å²) in [5.41, 5.74) is 2.78. The monoisotopic (exact) mass is 261 g/mol. The molecule has 102 valence electrons. The topological polar surface area (TPSA) is 38.8 Å². The van der Waals surface area contributed by atoms with Crippen LogP contribution in [0.5, 0.6) is 0 Å². The second kappa shape index (κ2) is 5.05. The zero-order valence-electron chi connectivity index (χ0n) is 11.7. The lowest BCUT2D eigenvalue weighted by Crippen LogP contribution is -2.33. The summed E-state index contributed by atoms with van der Waals surface area (Å²) in [4.78, 5) is 17.3. The highest BCUT2D eigenvalue weighted by atomic mass is 16.7. The molecule has 2 aliphatic rings. The number of carbonyl (C=O) groups is 1. The van der Waals surface area contributed by atoms with E-state index < -0.39 is 0 Å². The minimum absolute atomic E-state index is 0.00484. The summed E-state index contributed by atoms with van der Waals surface area (Å²) >= 11 is 0. The smallest absolute Gasteiger partial charge is 0.166 e. The molecule has 0 aromatic heterocycles. The quantitative estimate of drug-likeness (QED) is 0.780. The number of nitrogens with zero attached hydrogens (tertiary/aromatic N) is 1. The lowest BCUT2D eigenvalue weighted by Gasteiger charge is -2.33. The Hall–Kier alpha value is -1.81. The van der Waals surface area contributed by atoms with Gasteiger partial charge in [0.25, 0.3) is 0 Å². The normalized spacial score (nSPS) is 22.4. The van der Waals surface area contributed by atoms with Crippen molar-refractivity contribution in [3.05, 3.63) is 47.5 Å². The fraction of sp³-hybridized carbons (Fsp3) is 0.400. The Bertz CT molecular complexity index is 513. The Kier molecular flexibility index (Phi) is 3.62. The minimum Gasteiger partial charge on any atom is -0.483 e. The summed E-state index contributed by atoms with van der Waals surface area (Å²) in [7, 11) is 0. The molecule has 0 fully saturated rings. The number of hydroxylamine groups is 2. The average Bonchev–Trinajstić information content (AvgIpc) is 2.65. The third-order valence-corrected chi connectivity index (χ3v) is 3.14. The Labute approximate surface area is 113 Å². The molecule has 1 unspecified atom stereocenters. The number of carbonyl (C=O) groups excluding carboxylic acids is 1. The van der Waals surface area contributed by atoms with Crippen LogP contribution in [0.2, 0.25) is 0 Å². The molecule has 0 aromatic rings. The second-order valence-electron chi connectivity index (χ2n) is 4.70. The standard InChI is InChI=1S/C15H19NO3/c1-6-7-18-16-9(2)8-13-14(11(4)17)12(5)19-15(13)10(16)3/h8,15H,2-3,6-7H2,1,4-5H3. The van der Waals surface area contributed by atoms with Gasteiger partial charge in [-0.15, -0.1) is 0 Å². The lowest BCUT2D eigenvalue weighted by molar-refractivity contribution is -0.114. The summed E-state index contributed by atoms with van der Waals surface area (Å²) in [5.74, 6) is 0.629. The molecule has 0 saturated heterocycles. The second-order valence-corrected chi connectivity index (χ2v) is 4.70. The van der Waals surface area contributed by atoms with E-state index in [1.807, 2.05) is 13.0 Å². The molecule has 1 atom stereocenters. The average molecular weight is 261 g/mol. The van der Waals surface area contributed by atoms with Crippen molar-refractivity contribution in [2.24, 2.45) is 0 Å². The first kappa shape index (κ1) is 13.6. The van der Waals surface area contributed by atoms with E-state index in [0.29, 0.717) is 29.3 Å². The molecule has 0 aromatic carbocycles. The first-order valence-electron chi connectivity index (χ1n) is 6.38. The molecule has 4 heteroatoms. The Balaban J connectivity index is 2.32. The molecular weight excluding hydrogens is 242 g/mol. The van der Waals surface area contributed by atoms with Crippen LogP contribution >= 0.6 is 0 Å². The van der Waals surface area contributed by atoms with E-state index >= 15 is 0 Å². The molecule has 0 bridgehead atoms. The largest absolute Gasteiger partial charge is 0.483 e. The van der Waals surface area contributed by atoms with Gasteiger partial charge >= 0.3 is 0 Å². The van der Waals surface area contributed by atoms with Gasteiger partial charge in [0.15, 0.2) is 11.9 Å². The molecule has 0 saturated carbocycles. The molecular formula is C15H19NO3. The Morgan fingerprint density at radius 3 is 2.79 bits per heavy atom. The molecule has 4 nitrogen and oxygen atoms in total. The highest BCUT2D eigenvalue weighted by Gasteiger charge is 2.39. The number of rotatable bonds is 4. The zero-order valence-corrected chi connectivity index (χ0v) is 11.7. The van der Waals surface area contributed by atoms with E-state index in [-0.39, 0.29) is 11.9 Å². The molecule has 0 N–H and O–H groups in total. The van der Waals surface area contributed by atoms with Gasteiger partial charge in [-0.25, -0.2) is 5.06 Å². The van der Waals surface area contributed by atoms with Crippen molar-refractivity contribution < 1.29 is 14.4 Å². The third-order valence-electron chi connectivity index (χ3n) is 3.14. The van der Waals surface area contributed by atoms with Crippen LogP contribution in [0, 0.1) is 0 Å². The number of Topliss-reactive ketones (excluding diaryl/α,β-unsaturated/α-hetero) is 1. The molecule has 0 radical (unpaired) electrons. The van der Waals surface area contributed by atoms with Gasteiger partial charge in [0.2, 0.25) is 0 Å². The van der Waals surface area contributed by atoms with E-state index in [4.69, 9.17) is 9.57 Å². The molecule has 2 heterocycles. The maximum Gasteiger partial charge on any atom is 0.166 e. The lowest BCUT2D eigenvalue weighted by atomic mass is 9.94. The summed E-state index contributed by atoms with van der Waals surface area (Å²) in [6.07, 6.45) is 2.39. The van der Waals surface area contributed by atoms with Crippen LogP contribution in [0.1, 0.15) is 27.2 Å². The van der Waals surface area contributed by atoms with E-state index in [2.05, 4.69) is 13.2 Å². The van der Waals surface area contributed by atoms with Gasteiger partial charge in [-0.1, -0.05) is 20.1 Å². The Morgan fingerprint density at radius 2 is 2.21 bits per heavy atom. The van der Waals surface area contributed by atoms with E-state index in [1.165, 1.54) is 6.92 Å². The van der Waals surface area contributed by atoms with Crippen molar-refractivity contribution >= 4 is 5.78 Å². The van der Waals surface area contributed by atoms with Crippen LogP contribution in [0.25, 0.3) is 0 Å². The SMILES string of the molecule is C=C1C=C2C(C(C)=O)=C(C)OC2C(=C)N1OCCC. The maximum atomic E-state index is 11.7. The van der Waals surface area contributed by atoms with Gasteiger partial charge in [0, 0.05) is 5.57 Å². The van der Waals surface area contributed by atoms with Crippen molar-refractivity contribution in [3.63, 3.8) is 0 Å². The first-order chi connectivity index (χ1) is 8.97. The van der Waals surface area contributed by atoms with Gasteiger partial charge in [0.1, 0.15) is 5.76 Å². The van der Waals surface area contributed by atoms with Gasteiger partial charge in [0.05, 0.1) is 23.6 Å². The number of fused-ring (bicyclic) bond motifs is 1. The van der Waals surface area contributed by atoms with Crippen molar-refractivity contribution in [3.8, 4) is 0 Å². The molecule has 0 aliphatic carbocycles. The predicted octanol–water partition coefficient (Wildman–Crippen LogP) is 2.86. The van der Waals surface area contributed by atoms with Crippen LogP contribution in [-0.4, -0.2) is 23.6 Å². The van der Waals surface area contributed by atoms with Gasteiger partial charge < -0.3 is 4.74 Å². The minimum atomic E-state index is -0.346. The van der Waals surface area contributed by atoms with Crippen molar-refractivity contribution in [1.82, 2.24) is 5.06 Å². The zero-order chi connectivity index (χ0) is 14.2. The number of ether oxygens (including phenoxy) is 1. The van der Waals surface area contributed by atoms with E-state index in [1.54, 1.807) is 12.0 Å². The number of ketones is 1. The molecule has 0 amide bonds. The third kappa shape index (κ3) is 2.24. The van der Waals surface area contributed by atoms with Crippen LogP contribution in [0.3, 0.4) is 0 Å². The van der Waals surface area contributed by atoms with Crippen LogP contribution in [0.4, 0.5) is 0 Å².